The Hall–Kier alpha value is 0.440. The summed E-state index contributed by atoms with van der Waals surface area (Å²) in [5.74, 6) is 0. The van der Waals surface area contributed by atoms with E-state index in [2.05, 4.69) is 85.6 Å². The topological polar surface area (TPSA) is 0 Å². The van der Waals surface area contributed by atoms with Gasteiger partial charge in [-0.2, -0.15) is 0 Å². The van der Waals surface area contributed by atoms with Gasteiger partial charge < -0.3 is 0 Å². The van der Waals surface area contributed by atoms with E-state index in [0.29, 0.717) is 0 Å². The molecular weight excluding hydrogens is 328 g/mol. The molecular formula is C14H24Br2. The molecule has 0 aromatic heterocycles. The molecule has 0 aliphatic carbocycles. The summed E-state index contributed by atoms with van der Waals surface area (Å²) < 4.78 is 0. The second kappa shape index (κ2) is 6.39. The molecule has 0 saturated carbocycles. The van der Waals surface area contributed by atoms with E-state index < -0.39 is 0 Å². The predicted octanol–water partition coefficient (Wildman–Crippen LogP) is 5.72. The lowest BCUT2D eigenvalue weighted by Crippen LogP contribution is -2.14. The second-order valence-electron chi connectivity index (χ2n) is 6.12. The van der Waals surface area contributed by atoms with Gasteiger partial charge in [0.05, 0.1) is 0 Å². The molecule has 0 nitrogen and oxygen atoms in total. The van der Waals surface area contributed by atoms with Gasteiger partial charge in [-0.3, -0.25) is 0 Å². The van der Waals surface area contributed by atoms with Crippen LogP contribution in [-0.2, 0) is 0 Å². The molecule has 0 spiro atoms. The number of rotatable bonds is 3. The fourth-order valence-electron chi connectivity index (χ4n) is 1.31. The zero-order valence-electron chi connectivity index (χ0n) is 11.3. The van der Waals surface area contributed by atoms with E-state index in [1.807, 2.05) is 0 Å². The molecule has 94 valence electrons. The lowest BCUT2D eigenvalue weighted by molar-refractivity contribution is 0.491. The Morgan fingerprint density at radius 2 is 1.44 bits per heavy atom. The first-order valence-electron chi connectivity index (χ1n) is 5.66. The van der Waals surface area contributed by atoms with Gasteiger partial charge in [-0.15, -0.1) is 0 Å². The summed E-state index contributed by atoms with van der Waals surface area (Å²) in [6.07, 6.45) is 4.60. The van der Waals surface area contributed by atoms with Crippen LogP contribution in [0, 0.1) is 10.8 Å². The lowest BCUT2D eigenvalue weighted by Gasteiger charge is -2.26. The number of alkyl halides is 2. The van der Waals surface area contributed by atoms with Crippen molar-refractivity contribution in [2.45, 2.75) is 41.5 Å². The highest BCUT2D eigenvalue weighted by Crippen LogP contribution is 2.33. The van der Waals surface area contributed by atoms with Gasteiger partial charge in [0.15, 0.2) is 0 Å². The Kier molecular flexibility index (Phi) is 6.57. The summed E-state index contributed by atoms with van der Waals surface area (Å²) in [5.41, 5.74) is 3.26. The van der Waals surface area contributed by atoms with Gasteiger partial charge in [0.1, 0.15) is 0 Å². The smallest absolute Gasteiger partial charge is 0.0250 e. The first-order valence-corrected chi connectivity index (χ1v) is 7.91. The quantitative estimate of drug-likeness (QED) is 0.450. The normalized spacial score (nSPS) is 15.5. The van der Waals surface area contributed by atoms with Gasteiger partial charge in [0, 0.05) is 10.7 Å². The minimum absolute atomic E-state index is 0.201. The van der Waals surface area contributed by atoms with Crippen LogP contribution in [0.2, 0.25) is 0 Å². The number of halogens is 2. The largest absolute Gasteiger partial charge is 0.0883 e. The Morgan fingerprint density at radius 1 is 0.938 bits per heavy atom. The number of hydrogen-bond donors (Lipinski definition) is 0. The van der Waals surface area contributed by atoms with Crippen molar-refractivity contribution < 1.29 is 0 Å². The van der Waals surface area contributed by atoms with Crippen LogP contribution >= 0.6 is 31.9 Å². The highest BCUT2D eigenvalue weighted by atomic mass is 79.9. The van der Waals surface area contributed by atoms with E-state index in [4.69, 9.17) is 0 Å². The number of hydrogen-bond acceptors (Lipinski definition) is 0. The highest BCUT2D eigenvalue weighted by molar-refractivity contribution is 9.09. The van der Waals surface area contributed by atoms with Crippen molar-refractivity contribution in [1.82, 2.24) is 0 Å². The molecule has 0 atom stereocenters. The summed E-state index contributed by atoms with van der Waals surface area (Å²) in [5, 5.41) is 1.85. The fraction of sp³-hybridized carbons (Fsp3) is 0.714. The maximum Gasteiger partial charge on any atom is 0.0250 e. The van der Waals surface area contributed by atoms with E-state index in [-0.39, 0.29) is 10.8 Å². The van der Waals surface area contributed by atoms with E-state index in [0.717, 1.165) is 10.7 Å². The van der Waals surface area contributed by atoms with E-state index in [1.165, 1.54) is 11.1 Å². The fourth-order valence-corrected chi connectivity index (χ4v) is 2.66. The predicted molar refractivity (Wildman–Crippen MR) is 82.7 cm³/mol. The highest BCUT2D eigenvalue weighted by Gasteiger charge is 2.20. The van der Waals surface area contributed by atoms with Crippen molar-refractivity contribution in [1.29, 1.82) is 0 Å². The SMILES string of the molecule is CC(C)(C)/C(=C/C(=C\CBr)C(C)(C)C)CBr. The molecule has 0 N–H and O–H groups in total. The summed E-state index contributed by atoms with van der Waals surface area (Å²) in [6.45, 7) is 13.5. The zero-order chi connectivity index (χ0) is 13.0. The zero-order valence-corrected chi connectivity index (χ0v) is 14.5. The monoisotopic (exact) mass is 350 g/mol. The minimum Gasteiger partial charge on any atom is -0.0883 e. The van der Waals surface area contributed by atoms with Gasteiger partial charge in [0.2, 0.25) is 0 Å². The molecule has 0 fully saturated rings. The molecule has 0 aliphatic rings. The molecule has 16 heavy (non-hydrogen) atoms. The molecule has 0 bridgehead atoms. The van der Waals surface area contributed by atoms with Crippen LogP contribution < -0.4 is 0 Å². The van der Waals surface area contributed by atoms with Gasteiger partial charge in [0.25, 0.3) is 0 Å². The Morgan fingerprint density at radius 3 is 1.69 bits per heavy atom. The standard InChI is InChI=1S/C14H24Br2/c1-13(2,3)11(7-8-15)9-12(10-16)14(4,5)6/h7,9H,8,10H2,1-6H3/b11-7+,12-9+. The van der Waals surface area contributed by atoms with E-state index in [1.54, 1.807) is 0 Å². The van der Waals surface area contributed by atoms with Crippen molar-refractivity contribution >= 4 is 31.9 Å². The van der Waals surface area contributed by atoms with Crippen LogP contribution in [-0.4, -0.2) is 10.7 Å². The second-order valence-corrected chi connectivity index (χ2v) is 7.33. The Balaban J connectivity index is 5.28. The van der Waals surface area contributed by atoms with Crippen molar-refractivity contribution in [3.8, 4) is 0 Å². The lowest BCUT2D eigenvalue weighted by atomic mass is 9.80. The minimum atomic E-state index is 0.201. The van der Waals surface area contributed by atoms with Crippen molar-refractivity contribution in [2.24, 2.45) is 10.8 Å². The van der Waals surface area contributed by atoms with Gasteiger partial charge in [-0.25, -0.2) is 0 Å². The molecule has 0 heterocycles. The van der Waals surface area contributed by atoms with Crippen molar-refractivity contribution in [3.05, 3.63) is 23.3 Å². The van der Waals surface area contributed by atoms with E-state index in [9.17, 15) is 0 Å². The van der Waals surface area contributed by atoms with Crippen LogP contribution in [0.5, 0.6) is 0 Å². The van der Waals surface area contributed by atoms with Crippen LogP contribution in [0.4, 0.5) is 0 Å². The van der Waals surface area contributed by atoms with Gasteiger partial charge >= 0.3 is 0 Å². The molecule has 0 aromatic rings. The Labute approximate surface area is 118 Å². The van der Waals surface area contributed by atoms with Crippen LogP contribution in [0.25, 0.3) is 0 Å². The van der Waals surface area contributed by atoms with Crippen molar-refractivity contribution in [2.75, 3.05) is 10.7 Å². The summed E-state index contributed by atoms with van der Waals surface area (Å²) in [4.78, 5) is 0. The Bertz CT molecular complexity index is 272. The summed E-state index contributed by atoms with van der Waals surface area (Å²) in [6, 6.07) is 0. The molecule has 0 saturated heterocycles. The van der Waals surface area contributed by atoms with Crippen LogP contribution in [0.3, 0.4) is 0 Å². The maximum atomic E-state index is 3.59. The summed E-state index contributed by atoms with van der Waals surface area (Å²) in [7, 11) is 0. The first-order chi connectivity index (χ1) is 7.12. The third-order valence-electron chi connectivity index (χ3n) is 2.60. The molecule has 0 radical (unpaired) electrons. The molecule has 0 amide bonds. The third-order valence-corrected chi connectivity index (χ3v) is 3.53. The average Bonchev–Trinajstić information content (AvgIpc) is 2.07. The number of allylic oxidation sites excluding steroid dienone is 4. The van der Waals surface area contributed by atoms with Crippen molar-refractivity contribution in [3.63, 3.8) is 0 Å². The molecule has 2 heteroatoms. The third kappa shape index (κ3) is 5.67. The van der Waals surface area contributed by atoms with Crippen LogP contribution in [0.15, 0.2) is 23.3 Å². The molecule has 0 rings (SSSR count). The first kappa shape index (κ1) is 16.4. The van der Waals surface area contributed by atoms with E-state index >= 15 is 0 Å². The average molecular weight is 352 g/mol. The molecule has 0 unspecified atom stereocenters. The molecule has 0 aromatic carbocycles. The van der Waals surface area contributed by atoms with Crippen LogP contribution in [0.1, 0.15) is 41.5 Å². The summed E-state index contributed by atoms with van der Waals surface area (Å²) >= 11 is 7.08. The molecule has 0 aliphatic heterocycles. The van der Waals surface area contributed by atoms with Gasteiger partial charge in [-0.1, -0.05) is 91.1 Å². The maximum absolute atomic E-state index is 3.59. The van der Waals surface area contributed by atoms with Gasteiger partial charge in [-0.05, 0) is 16.4 Å².